The van der Waals surface area contributed by atoms with Crippen molar-refractivity contribution in [1.82, 2.24) is 4.90 Å². The first kappa shape index (κ1) is 19.2. The number of carbonyl (C=O) groups is 2. The lowest BCUT2D eigenvalue weighted by Crippen LogP contribution is -2.50. The molecule has 1 aliphatic heterocycles. The van der Waals surface area contributed by atoms with Crippen LogP contribution in [0, 0.1) is 11.8 Å². The lowest BCUT2D eigenvalue weighted by Gasteiger charge is -2.35. The topological polar surface area (TPSA) is 89.4 Å². The van der Waals surface area contributed by atoms with Crippen molar-refractivity contribution in [3.63, 3.8) is 0 Å². The van der Waals surface area contributed by atoms with E-state index in [1.165, 1.54) is 0 Å². The number of piperidine rings is 1. The molecule has 3 unspecified atom stereocenters. The van der Waals surface area contributed by atoms with Crippen LogP contribution in [0.15, 0.2) is 0 Å². The number of nitrogens with two attached hydrogens (primary N) is 2. The summed E-state index contributed by atoms with van der Waals surface area (Å²) >= 11 is 0. The van der Waals surface area contributed by atoms with Crippen molar-refractivity contribution in [2.24, 2.45) is 23.3 Å². The van der Waals surface area contributed by atoms with Gasteiger partial charge in [0.15, 0.2) is 0 Å². The highest BCUT2D eigenvalue weighted by molar-refractivity contribution is 5.85. The highest BCUT2D eigenvalue weighted by atomic mass is 35.5. The van der Waals surface area contributed by atoms with E-state index >= 15 is 0 Å². The third-order valence-corrected chi connectivity index (χ3v) is 4.17. The van der Waals surface area contributed by atoms with Crippen LogP contribution in [-0.2, 0) is 9.59 Å². The number of halogens is 1. The zero-order valence-corrected chi connectivity index (χ0v) is 13.3. The molecule has 0 aromatic heterocycles. The van der Waals surface area contributed by atoms with Gasteiger partial charge in [0.1, 0.15) is 0 Å². The van der Waals surface area contributed by atoms with Crippen LogP contribution in [0.25, 0.3) is 0 Å². The lowest BCUT2D eigenvalue weighted by atomic mass is 9.91. The second-order valence-corrected chi connectivity index (χ2v) is 5.71. The van der Waals surface area contributed by atoms with Gasteiger partial charge >= 0.3 is 0 Å². The molecule has 0 aromatic rings. The van der Waals surface area contributed by atoms with Gasteiger partial charge in [-0.2, -0.15) is 0 Å². The van der Waals surface area contributed by atoms with E-state index in [1.54, 1.807) is 0 Å². The minimum absolute atomic E-state index is 0. The van der Waals surface area contributed by atoms with Gasteiger partial charge in [0.2, 0.25) is 11.8 Å². The molecule has 1 rings (SSSR count). The number of primary amides is 1. The summed E-state index contributed by atoms with van der Waals surface area (Å²) in [6, 6.07) is -0.403. The number of hydrogen-bond donors (Lipinski definition) is 2. The first-order chi connectivity index (χ1) is 8.95. The van der Waals surface area contributed by atoms with Crippen LogP contribution in [0.2, 0.25) is 0 Å². The molecule has 1 fully saturated rings. The van der Waals surface area contributed by atoms with Crippen molar-refractivity contribution in [3.8, 4) is 0 Å². The van der Waals surface area contributed by atoms with Crippen molar-refractivity contribution in [2.75, 3.05) is 13.1 Å². The Kier molecular flexibility index (Phi) is 8.81. The highest BCUT2D eigenvalue weighted by Crippen LogP contribution is 2.22. The van der Waals surface area contributed by atoms with E-state index in [2.05, 4.69) is 0 Å². The molecule has 3 atom stereocenters. The van der Waals surface area contributed by atoms with Gasteiger partial charge in [-0.25, -0.2) is 0 Å². The summed E-state index contributed by atoms with van der Waals surface area (Å²) in [5.74, 6) is 0.380. The van der Waals surface area contributed by atoms with Gasteiger partial charge in [0.25, 0.3) is 0 Å². The smallest absolute Gasteiger partial charge is 0.239 e. The van der Waals surface area contributed by atoms with Crippen molar-refractivity contribution in [3.05, 3.63) is 0 Å². The van der Waals surface area contributed by atoms with Crippen molar-refractivity contribution >= 4 is 24.2 Å². The normalized spacial score (nSPS) is 21.8. The van der Waals surface area contributed by atoms with Crippen LogP contribution in [-0.4, -0.2) is 35.8 Å². The van der Waals surface area contributed by atoms with Gasteiger partial charge in [0, 0.05) is 19.5 Å². The Bertz CT molecular complexity index is 326. The molecule has 5 nitrogen and oxygen atoms in total. The Morgan fingerprint density at radius 2 is 2.05 bits per heavy atom. The van der Waals surface area contributed by atoms with Gasteiger partial charge in [-0.3, -0.25) is 9.59 Å². The van der Waals surface area contributed by atoms with Gasteiger partial charge in [0.05, 0.1) is 6.04 Å². The molecule has 0 spiro atoms. The average molecular weight is 306 g/mol. The Morgan fingerprint density at radius 1 is 1.40 bits per heavy atom. The van der Waals surface area contributed by atoms with Crippen LogP contribution in [0.1, 0.15) is 46.0 Å². The van der Waals surface area contributed by atoms with Crippen molar-refractivity contribution < 1.29 is 9.59 Å². The van der Waals surface area contributed by atoms with Crippen LogP contribution < -0.4 is 11.5 Å². The molecule has 2 amide bonds. The predicted molar refractivity (Wildman–Crippen MR) is 82.4 cm³/mol. The third-order valence-electron chi connectivity index (χ3n) is 4.17. The van der Waals surface area contributed by atoms with Crippen LogP contribution >= 0.6 is 12.4 Å². The monoisotopic (exact) mass is 305 g/mol. The molecule has 1 heterocycles. The molecule has 1 saturated heterocycles. The van der Waals surface area contributed by atoms with E-state index in [0.29, 0.717) is 12.3 Å². The number of likely N-dealkylation sites (tertiary alicyclic amines) is 1. The van der Waals surface area contributed by atoms with E-state index in [9.17, 15) is 9.59 Å². The summed E-state index contributed by atoms with van der Waals surface area (Å²) in [5, 5.41) is 0. The van der Waals surface area contributed by atoms with Crippen molar-refractivity contribution in [1.29, 1.82) is 0 Å². The second kappa shape index (κ2) is 9.19. The van der Waals surface area contributed by atoms with E-state index in [0.717, 1.165) is 38.8 Å². The van der Waals surface area contributed by atoms with Crippen LogP contribution in [0.4, 0.5) is 0 Å². The van der Waals surface area contributed by atoms with E-state index < -0.39 is 6.04 Å². The van der Waals surface area contributed by atoms with Gasteiger partial charge < -0.3 is 16.4 Å². The summed E-state index contributed by atoms with van der Waals surface area (Å²) in [5.41, 5.74) is 11.2. The highest BCUT2D eigenvalue weighted by Gasteiger charge is 2.29. The maximum absolute atomic E-state index is 12.3. The van der Waals surface area contributed by atoms with E-state index in [1.807, 2.05) is 18.7 Å². The molecule has 0 aromatic carbocycles. The molecule has 20 heavy (non-hydrogen) atoms. The first-order valence-electron chi connectivity index (χ1n) is 7.28. The Balaban J connectivity index is 0.00000361. The molecule has 1 aliphatic rings. The molecule has 0 saturated carbocycles. The second-order valence-electron chi connectivity index (χ2n) is 5.71. The van der Waals surface area contributed by atoms with E-state index in [4.69, 9.17) is 11.5 Å². The fourth-order valence-electron chi connectivity index (χ4n) is 2.56. The number of amides is 2. The number of hydrogen-bond acceptors (Lipinski definition) is 3. The summed E-state index contributed by atoms with van der Waals surface area (Å²) in [4.78, 5) is 25.0. The quantitative estimate of drug-likeness (QED) is 0.775. The summed E-state index contributed by atoms with van der Waals surface area (Å²) < 4.78 is 0. The number of nitrogens with zero attached hydrogens (tertiary/aromatic N) is 1. The van der Waals surface area contributed by atoms with Gasteiger partial charge in [-0.1, -0.05) is 20.3 Å². The summed E-state index contributed by atoms with van der Waals surface area (Å²) in [7, 11) is 0. The molecule has 0 radical (unpaired) electrons. The minimum atomic E-state index is -0.403. The number of carbonyl (C=O) groups excluding carboxylic acids is 2. The molecule has 4 N–H and O–H groups in total. The zero-order valence-electron chi connectivity index (χ0n) is 12.5. The standard InChI is InChI=1S/C14H27N3O2.ClH/c1-3-10(2)13(16)14(19)17-8-4-5-11(9-17)6-7-12(15)18;/h10-11,13H,3-9,16H2,1-2H3,(H2,15,18);1H. The van der Waals surface area contributed by atoms with Crippen LogP contribution in [0.3, 0.4) is 0 Å². The largest absolute Gasteiger partial charge is 0.370 e. The fraction of sp³-hybridized carbons (Fsp3) is 0.857. The first-order valence-corrected chi connectivity index (χ1v) is 7.28. The molecule has 0 bridgehead atoms. The Labute approximate surface area is 127 Å². The maximum Gasteiger partial charge on any atom is 0.239 e. The van der Waals surface area contributed by atoms with Crippen LogP contribution in [0.5, 0.6) is 0 Å². The molecular formula is C14H28ClN3O2. The molecule has 118 valence electrons. The molecule has 6 heteroatoms. The minimum Gasteiger partial charge on any atom is -0.370 e. The summed E-state index contributed by atoms with van der Waals surface area (Å²) in [6.07, 6.45) is 4.14. The van der Waals surface area contributed by atoms with E-state index in [-0.39, 0.29) is 30.1 Å². The number of rotatable bonds is 6. The Hall–Kier alpha value is -0.810. The zero-order chi connectivity index (χ0) is 14.4. The maximum atomic E-state index is 12.3. The van der Waals surface area contributed by atoms with Gasteiger partial charge in [-0.15, -0.1) is 12.4 Å². The fourth-order valence-corrected chi connectivity index (χ4v) is 2.56. The SMILES string of the molecule is CCC(C)C(N)C(=O)N1CCCC(CCC(N)=O)C1.Cl. The average Bonchev–Trinajstić information content (AvgIpc) is 2.42. The summed E-state index contributed by atoms with van der Waals surface area (Å²) in [6.45, 7) is 5.56. The predicted octanol–water partition coefficient (Wildman–Crippen LogP) is 1.29. The molecule has 0 aliphatic carbocycles. The Morgan fingerprint density at radius 3 is 2.60 bits per heavy atom. The third kappa shape index (κ3) is 5.67. The van der Waals surface area contributed by atoms with Crippen molar-refractivity contribution in [2.45, 2.75) is 52.0 Å². The molecular weight excluding hydrogens is 278 g/mol. The van der Waals surface area contributed by atoms with Gasteiger partial charge in [-0.05, 0) is 31.1 Å². The lowest BCUT2D eigenvalue weighted by molar-refractivity contribution is -0.135.